The van der Waals surface area contributed by atoms with Crippen LogP contribution in [-0.2, 0) is 5.41 Å². The number of allylic oxidation sites excluding steroid dienone is 10. The summed E-state index contributed by atoms with van der Waals surface area (Å²) in [6.45, 7) is 6.96. The fourth-order valence-electron chi connectivity index (χ4n) is 6.68. The van der Waals surface area contributed by atoms with E-state index < -0.39 is 0 Å². The number of fused-ring (bicyclic) bond motifs is 6. The molecule has 0 saturated heterocycles. The number of benzene rings is 4. The van der Waals surface area contributed by atoms with E-state index in [1.165, 1.54) is 55.5 Å². The van der Waals surface area contributed by atoms with Crippen molar-refractivity contribution in [1.82, 2.24) is 0 Å². The summed E-state index contributed by atoms with van der Waals surface area (Å²) in [5.41, 5.74) is 8.01. The summed E-state index contributed by atoms with van der Waals surface area (Å²) in [5.74, 6) is 0.365. The normalized spacial score (nSPS) is 19.6. The lowest BCUT2D eigenvalue weighted by Gasteiger charge is -2.17. The minimum Gasteiger partial charge on any atom is -0.347 e. The van der Waals surface area contributed by atoms with E-state index in [1.54, 1.807) is 0 Å². The second-order valence-corrected chi connectivity index (χ2v) is 11.4. The van der Waals surface area contributed by atoms with Gasteiger partial charge in [0.1, 0.15) is 7.05 Å². The van der Waals surface area contributed by atoms with Crippen LogP contribution in [0.1, 0.15) is 37.8 Å². The highest BCUT2D eigenvalue weighted by molar-refractivity contribution is 6.07. The lowest BCUT2D eigenvalue weighted by Crippen LogP contribution is -2.26. The Bertz CT molecular complexity index is 1810. The van der Waals surface area contributed by atoms with Crippen molar-refractivity contribution in [3.8, 4) is 0 Å². The molecule has 0 aliphatic carbocycles. The maximum atomic E-state index is 2.33. The number of hydrogen-bond donors (Lipinski definition) is 0. The Morgan fingerprint density at radius 1 is 0.725 bits per heavy atom. The lowest BCUT2D eigenvalue weighted by molar-refractivity contribution is -0.401. The topological polar surface area (TPSA) is 6.25 Å². The van der Waals surface area contributed by atoms with Gasteiger partial charge in [-0.15, -0.1) is 0 Å². The smallest absolute Gasteiger partial charge is 0.210 e. The van der Waals surface area contributed by atoms with Gasteiger partial charge >= 0.3 is 0 Å². The molecular formula is C38H37N2+. The van der Waals surface area contributed by atoms with Gasteiger partial charge in [-0.3, -0.25) is 0 Å². The van der Waals surface area contributed by atoms with Crippen molar-refractivity contribution in [3.63, 3.8) is 0 Å². The Hall–Kier alpha value is -4.43. The second kappa shape index (κ2) is 10.3. The van der Waals surface area contributed by atoms with Crippen LogP contribution in [-0.4, -0.2) is 24.4 Å². The highest BCUT2D eigenvalue weighted by atomic mass is 15.1. The summed E-state index contributed by atoms with van der Waals surface area (Å²) < 4.78 is 2.33. The average Bonchev–Trinajstić information content (AvgIpc) is 3.33. The molecule has 4 aromatic rings. The fourth-order valence-corrected chi connectivity index (χ4v) is 6.68. The van der Waals surface area contributed by atoms with E-state index in [1.807, 2.05) is 0 Å². The van der Waals surface area contributed by atoms with Crippen LogP contribution in [0.15, 0.2) is 133 Å². The standard InChI is InChI=1S/C38H37N2/c1-27-32(39(4)33-25-23-28-17-13-15-19-30(28)36(27)33)21-11-9-7-6-8-10-12-22-35-38(2,3)37-31-20-16-14-18-29(31)24-26-34(37)40(35)5/h6-27H,1-5H3/q+1. The molecule has 2 heterocycles. The number of likely N-dealkylation sites (N-methyl/N-ethyl adjacent to an activating group) is 1. The van der Waals surface area contributed by atoms with Crippen LogP contribution in [0.25, 0.3) is 21.5 Å². The van der Waals surface area contributed by atoms with Gasteiger partial charge in [-0.1, -0.05) is 104 Å². The predicted octanol–water partition coefficient (Wildman–Crippen LogP) is 9.36. The Balaban J connectivity index is 1.12. The van der Waals surface area contributed by atoms with Crippen molar-refractivity contribution >= 4 is 38.6 Å². The van der Waals surface area contributed by atoms with Crippen molar-refractivity contribution in [2.24, 2.45) is 0 Å². The molecule has 2 heteroatoms. The first-order valence-corrected chi connectivity index (χ1v) is 14.2. The molecule has 0 fully saturated rings. The van der Waals surface area contributed by atoms with Gasteiger partial charge in [0.15, 0.2) is 5.71 Å². The molecule has 2 nitrogen and oxygen atoms in total. The van der Waals surface area contributed by atoms with Crippen LogP contribution in [0.5, 0.6) is 0 Å². The fraction of sp³-hybridized carbons (Fsp3) is 0.184. The number of anilines is 1. The molecule has 40 heavy (non-hydrogen) atoms. The summed E-state index contributed by atoms with van der Waals surface area (Å²) >= 11 is 0. The molecule has 1 atom stereocenters. The summed E-state index contributed by atoms with van der Waals surface area (Å²) in [6.07, 6.45) is 19.2. The summed E-state index contributed by atoms with van der Waals surface area (Å²) in [6, 6.07) is 26.4. The average molecular weight is 522 g/mol. The lowest BCUT2D eigenvalue weighted by atomic mass is 9.79. The minimum absolute atomic E-state index is 0.0577. The Labute approximate surface area is 238 Å². The molecule has 6 rings (SSSR count). The van der Waals surface area contributed by atoms with E-state index in [4.69, 9.17) is 0 Å². The highest BCUT2D eigenvalue weighted by Gasteiger charge is 2.44. The molecule has 198 valence electrons. The number of rotatable bonds is 5. The largest absolute Gasteiger partial charge is 0.347 e. The van der Waals surface area contributed by atoms with Crippen molar-refractivity contribution in [2.75, 3.05) is 19.0 Å². The summed E-state index contributed by atoms with van der Waals surface area (Å²) in [4.78, 5) is 2.32. The van der Waals surface area contributed by atoms with Crippen molar-refractivity contribution in [1.29, 1.82) is 0 Å². The van der Waals surface area contributed by atoms with Crippen LogP contribution < -0.4 is 4.90 Å². The molecule has 0 bridgehead atoms. The summed E-state index contributed by atoms with van der Waals surface area (Å²) in [7, 11) is 4.35. The molecule has 2 aliphatic heterocycles. The van der Waals surface area contributed by atoms with Crippen LogP contribution in [0, 0.1) is 0 Å². The zero-order chi connectivity index (χ0) is 27.9. The minimum atomic E-state index is -0.0577. The molecule has 0 amide bonds. The summed E-state index contributed by atoms with van der Waals surface area (Å²) in [5, 5.41) is 5.30. The monoisotopic (exact) mass is 521 g/mol. The third-order valence-corrected chi connectivity index (χ3v) is 8.66. The van der Waals surface area contributed by atoms with E-state index in [-0.39, 0.29) is 5.41 Å². The Morgan fingerprint density at radius 3 is 2.08 bits per heavy atom. The molecular weight excluding hydrogens is 484 g/mol. The zero-order valence-electron chi connectivity index (χ0n) is 24.1. The van der Waals surface area contributed by atoms with Gasteiger partial charge in [0.05, 0.1) is 5.41 Å². The predicted molar refractivity (Wildman–Crippen MR) is 173 cm³/mol. The zero-order valence-corrected chi connectivity index (χ0v) is 24.1. The van der Waals surface area contributed by atoms with E-state index in [2.05, 4.69) is 172 Å². The van der Waals surface area contributed by atoms with Crippen LogP contribution in [0.4, 0.5) is 11.4 Å². The van der Waals surface area contributed by atoms with Crippen molar-refractivity contribution in [3.05, 3.63) is 144 Å². The molecule has 2 aliphatic rings. The van der Waals surface area contributed by atoms with Crippen LogP contribution >= 0.6 is 0 Å². The first-order chi connectivity index (χ1) is 19.4. The van der Waals surface area contributed by atoms with Gasteiger partial charge in [-0.2, -0.15) is 4.58 Å². The van der Waals surface area contributed by atoms with Gasteiger partial charge in [-0.25, -0.2) is 0 Å². The van der Waals surface area contributed by atoms with Gasteiger partial charge < -0.3 is 4.90 Å². The van der Waals surface area contributed by atoms with Gasteiger partial charge in [0, 0.05) is 42.1 Å². The highest BCUT2D eigenvalue weighted by Crippen LogP contribution is 2.46. The number of hydrogen-bond acceptors (Lipinski definition) is 1. The quantitative estimate of drug-likeness (QED) is 0.187. The third kappa shape index (κ3) is 4.25. The molecule has 4 aromatic carbocycles. The number of nitrogens with zero attached hydrogens (tertiary/aromatic N) is 2. The van der Waals surface area contributed by atoms with Crippen molar-refractivity contribution in [2.45, 2.75) is 32.1 Å². The third-order valence-electron chi connectivity index (χ3n) is 8.66. The molecule has 0 saturated carbocycles. The maximum absolute atomic E-state index is 2.33. The first-order valence-electron chi connectivity index (χ1n) is 14.2. The molecule has 0 aromatic heterocycles. The van der Waals surface area contributed by atoms with E-state index in [0.717, 1.165) is 0 Å². The van der Waals surface area contributed by atoms with Crippen molar-refractivity contribution < 1.29 is 4.58 Å². The van der Waals surface area contributed by atoms with E-state index in [0.29, 0.717) is 5.92 Å². The van der Waals surface area contributed by atoms with Crippen LogP contribution in [0.2, 0.25) is 0 Å². The Kier molecular flexibility index (Phi) is 6.64. The van der Waals surface area contributed by atoms with E-state index in [9.17, 15) is 0 Å². The second-order valence-electron chi connectivity index (χ2n) is 11.4. The van der Waals surface area contributed by atoms with Crippen LogP contribution in [0.3, 0.4) is 0 Å². The maximum Gasteiger partial charge on any atom is 0.210 e. The van der Waals surface area contributed by atoms with E-state index >= 15 is 0 Å². The first kappa shape index (κ1) is 25.8. The molecule has 0 spiro atoms. The SMILES string of the molecule is CC1\C(=C/C=C/C=C/C=C/C=C/C2=[N+](C)c3ccc4ccccc4c3C2(C)C)N(C)c2ccc3ccccc3c21. The van der Waals surface area contributed by atoms with Gasteiger partial charge in [-0.05, 0) is 59.2 Å². The molecule has 1 unspecified atom stereocenters. The van der Waals surface area contributed by atoms with Gasteiger partial charge in [0.25, 0.3) is 0 Å². The molecule has 0 N–H and O–H groups in total. The Morgan fingerprint density at radius 2 is 1.32 bits per heavy atom. The van der Waals surface area contributed by atoms with Gasteiger partial charge in [0.2, 0.25) is 5.69 Å². The molecule has 0 radical (unpaired) electrons.